The van der Waals surface area contributed by atoms with Gasteiger partial charge in [0.05, 0.1) is 29.7 Å². The van der Waals surface area contributed by atoms with Crippen LogP contribution in [0.4, 0.5) is 15.8 Å². The van der Waals surface area contributed by atoms with Crippen molar-refractivity contribution in [3.8, 4) is 0 Å². The van der Waals surface area contributed by atoms with Gasteiger partial charge in [0.25, 0.3) is 0 Å². The number of nitrogens with zero attached hydrogens (tertiary/aromatic N) is 2. The smallest absolute Gasteiger partial charge is 0.338 e. The highest BCUT2D eigenvalue weighted by Crippen LogP contribution is 2.60. The van der Waals surface area contributed by atoms with Crippen LogP contribution in [-0.4, -0.2) is 47.8 Å². The third-order valence-electron chi connectivity index (χ3n) is 7.59. The third-order valence-corrected chi connectivity index (χ3v) is 7.59. The Morgan fingerprint density at radius 2 is 1.91 bits per heavy atom. The van der Waals surface area contributed by atoms with Gasteiger partial charge in [-0.3, -0.25) is 19.3 Å². The van der Waals surface area contributed by atoms with E-state index in [9.17, 15) is 23.6 Å². The molecule has 4 atom stereocenters. The van der Waals surface area contributed by atoms with Gasteiger partial charge in [-0.1, -0.05) is 0 Å². The molecule has 3 saturated heterocycles. The Balaban J connectivity index is 1.45. The number of hydrogen-bond donors (Lipinski definition) is 1. The van der Waals surface area contributed by atoms with Crippen molar-refractivity contribution in [1.82, 2.24) is 4.90 Å². The molecule has 0 aliphatic carbocycles. The first-order valence-corrected chi connectivity index (χ1v) is 11.4. The van der Waals surface area contributed by atoms with Gasteiger partial charge < -0.3 is 10.1 Å². The molecule has 0 bridgehead atoms. The van der Waals surface area contributed by atoms with Crippen LogP contribution in [0.1, 0.15) is 35.7 Å². The maximum absolute atomic E-state index is 14.3. The molecule has 4 heterocycles. The van der Waals surface area contributed by atoms with Crippen LogP contribution < -0.4 is 10.2 Å². The lowest BCUT2D eigenvalue weighted by Crippen LogP contribution is -2.54. The first-order chi connectivity index (χ1) is 16.4. The number of benzene rings is 2. The van der Waals surface area contributed by atoms with E-state index in [1.54, 1.807) is 6.92 Å². The largest absolute Gasteiger partial charge is 0.462 e. The Kier molecular flexibility index (Phi) is 4.44. The number of halogens is 1. The molecular weight excluding hydrogens is 441 g/mol. The van der Waals surface area contributed by atoms with Crippen LogP contribution in [0.15, 0.2) is 42.5 Å². The maximum Gasteiger partial charge on any atom is 0.338 e. The quantitative estimate of drug-likeness (QED) is 0.555. The summed E-state index contributed by atoms with van der Waals surface area (Å²) in [4.78, 5) is 56.1. The van der Waals surface area contributed by atoms with Gasteiger partial charge >= 0.3 is 5.97 Å². The fraction of sp³-hybridized carbons (Fsp3) is 0.360. The monoisotopic (exact) mass is 463 g/mol. The van der Waals surface area contributed by atoms with Crippen molar-refractivity contribution >= 4 is 35.1 Å². The fourth-order valence-corrected chi connectivity index (χ4v) is 6.39. The summed E-state index contributed by atoms with van der Waals surface area (Å²) in [5.74, 6) is -3.92. The molecule has 8 nitrogen and oxygen atoms in total. The van der Waals surface area contributed by atoms with Crippen molar-refractivity contribution < 1.29 is 28.3 Å². The van der Waals surface area contributed by atoms with Crippen molar-refractivity contribution in [3.05, 3.63) is 59.4 Å². The number of carbonyl (C=O) groups is 4. The van der Waals surface area contributed by atoms with E-state index in [-0.39, 0.29) is 18.6 Å². The van der Waals surface area contributed by atoms with Crippen molar-refractivity contribution in [2.24, 2.45) is 11.8 Å². The van der Waals surface area contributed by atoms with E-state index >= 15 is 0 Å². The average Bonchev–Trinajstić information content (AvgIpc) is 3.53. The second-order valence-corrected chi connectivity index (χ2v) is 9.10. The number of ether oxygens (including phenoxy) is 1. The number of anilines is 2. The number of carbonyl (C=O) groups excluding carboxylic acids is 4. The molecule has 2 aromatic carbocycles. The predicted octanol–water partition coefficient (Wildman–Crippen LogP) is 2.43. The number of imide groups is 1. The second kappa shape index (κ2) is 7.20. The lowest BCUT2D eigenvalue weighted by atomic mass is 9.75. The summed E-state index contributed by atoms with van der Waals surface area (Å²) < 4.78 is 19.3. The molecule has 1 N–H and O–H groups in total. The van der Waals surface area contributed by atoms with Crippen molar-refractivity contribution in [1.29, 1.82) is 0 Å². The molecule has 0 aromatic heterocycles. The molecule has 4 aliphatic rings. The number of nitrogens with one attached hydrogen (secondary N) is 1. The van der Waals surface area contributed by atoms with Crippen LogP contribution in [0.2, 0.25) is 0 Å². The minimum absolute atomic E-state index is 0.233. The van der Waals surface area contributed by atoms with Gasteiger partial charge in [0.15, 0.2) is 0 Å². The lowest BCUT2D eigenvalue weighted by molar-refractivity contribution is -0.135. The SMILES string of the molecule is CCOC(=O)c1ccc(N2C(=O)[C@H]3[C@H]4CCCN4[C@@]4(C(=O)Nc5ccc(F)cc54)[C@@H]3C2=O)cc1. The molecule has 4 aliphatic heterocycles. The van der Waals surface area contributed by atoms with Gasteiger partial charge in [-0.05, 0) is 68.8 Å². The van der Waals surface area contributed by atoms with Crippen LogP contribution in [0.5, 0.6) is 0 Å². The number of amides is 3. The normalized spacial score (nSPS) is 29.4. The Bertz CT molecular complexity index is 1260. The highest BCUT2D eigenvalue weighted by atomic mass is 19.1. The zero-order valence-electron chi connectivity index (χ0n) is 18.4. The molecule has 3 amide bonds. The van der Waals surface area contributed by atoms with Gasteiger partial charge in [0, 0.05) is 17.3 Å². The lowest BCUT2D eigenvalue weighted by Gasteiger charge is -2.36. The van der Waals surface area contributed by atoms with Gasteiger partial charge in [0.1, 0.15) is 11.4 Å². The summed E-state index contributed by atoms with van der Waals surface area (Å²) in [6.45, 7) is 2.49. The van der Waals surface area contributed by atoms with E-state index in [4.69, 9.17) is 4.74 Å². The molecule has 0 radical (unpaired) electrons. The molecule has 9 heteroatoms. The predicted molar refractivity (Wildman–Crippen MR) is 118 cm³/mol. The molecule has 0 unspecified atom stereocenters. The molecule has 6 rings (SSSR count). The van der Waals surface area contributed by atoms with Crippen LogP contribution in [-0.2, 0) is 24.7 Å². The zero-order chi connectivity index (χ0) is 23.8. The van der Waals surface area contributed by atoms with E-state index in [2.05, 4.69) is 5.32 Å². The highest BCUT2D eigenvalue weighted by molar-refractivity contribution is 6.25. The van der Waals surface area contributed by atoms with Crippen LogP contribution >= 0.6 is 0 Å². The molecule has 174 valence electrons. The Morgan fingerprint density at radius 3 is 2.65 bits per heavy atom. The zero-order valence-corrected chi connectivity index (χ0v) is 18.4. The number of esters is 1. The first kappa shape index (κ1) is 21.0. The number of fused-ring (bicyclic) bond motifs is 7. The molecule has 34 heavy (non-hydrogen) atoms. The minimum Gasteiger partial charge on any atom is -0.462 e. The van der Waals surface area contributed by atoms with Crippen molar-refractivity contribution in [3.63, 3.8) is 0 Å². The summed E-state index contributed by atoms with van der Waals surface area (Å²) in [5, 5.41) is 2.82. The summed E-state index contributed by atoms with van der Waals surface area (Å²) in [6.07, 6.45) is 1.46. The second-order valence-electron chi connectivity index (χ2n) is 9.10. The molecule has 3 fully saturated rings. The van der Waals surface area contributed by atoms with E-state index in [1.165, 1.54) is 42.5 Å². The first-order valence-electron chi connectivity index (χ1n) is 11.4. The highest BCUT2D eigenvalue weighted by Gasteiger charge is 2.74. The van der Waals surface area contributed by atoms with Crippen LogP contribution in [0.3, 0.4) is 0 Å². The van der Waals surface area contributed by atoms with Gasteiger partial charge in [0.2, 0.25) is 17.7 Å². The molecule has 0 saturated carbocycles. The number of hydrogen-bond acceptors (Lipinski definition) is 6. The average molecular weight is 463 g/mol. The fourth-order valence-electron chi connectivity index (χ4n) is 6.39. The van der Waals surface area contributed by atoms with Gasteiger partial charge in [-0.25, -0.2) is 14.1 Å². The maximum atomic E-state index is 14.3. The molecule has 2 aromatic rings. The van der Waals surface area contributed by atoms with Gasteiger partial charge in [-0.2, -0.15) is 0 Å². The standard InChI is InChI=1S/C25H22FN3O5/c1-2-34-23(32)13-5-8-15(9-6-13)29-21(30)19-18-4-3-11-28(18)25(20(19)22(29)31)16-12-14(26)7-10-17(16)27-24(25)33/h5-10,12,18-20H,2-4,11H2,1H3,(H,27,33)/t18-,19+,20+,25-/m1/s1. The van der Waals surface area contributed by atoms with Crippen molar-refractivity contribution in [2.75, 3.05) is 23.4 Å². The van der Waals surface area contributed by atoms with Crippen LogP contribution in [0.25, 0.3) is 0 Å². The van der Waals surface area contributed by atoms with E-state index in [0.29, 0.717) is 35.5 Å². The number of rotatable bonds is 3. The Hall–Kier alpha value is -3.59. The Morgan fingerprint density at radius 1 is 1.15 bits per heavy atom. The van der Waals surface area contributed by atoms with E-state index in [1.807, 2.05) is 4.90 Å². The van der Waals surface area contributed by atoms with Crippen molar-refractivity contribution in [2.45, 2.75) is 31.3 Å². The summed E-state index contributed by atoms with van der Waals surface area (Å²) in [5.41, 5.74) is 0.0981. The molecular formula is C25H22FN3O5. The summed E-state index contributed by atoms with van der Waals surface area (Å²) in [6, 6.07) is 9.87. The minimum atomic E-state index is -1.42. The molecule has 1 spiro atoms. The summed E-state index contributed by atoms with van der Waals surface area (Å²) >= 11 is 0. The van der Waals surface area contributed by atoms with E-state index < -0.39 is 41.0 Å². The third kappa shape index (κ3) is 2.50. The Labute approximate surface area is 194 Å². The topological polar surface area (TPSA) is 96.0 Å². The van der Waals surface area contributed by atoms with Gasteiger partial charge in [-0.15, -0.1) is 0 Å². The van der Waals surface area contributed by atoms with E-state index in [0.717, 1.165) is 11.3 Å². The summed E-state index contributed by atoms with van der Waals surface area (Å²) in [7, 11) is 0. The van der Waals surface area contributed by atoms with Crippen LogP contribution in [0, 0.1) is 17.7 Å².